The van der Waals surface area contributed by atoms with Crippen molar-refractivity contribution in [2.75, 3.05) is 5.32 Å². The molecule has 4 rings (SSSR count). The van der Waals surface area contributed by atoms with E-state index in [1.54, 1.807) is 23.6 Å². The van der Waals surface area contributed by atoms with E-state index in [1.807, 2.05) is 12.2 Å². The van der Waals surface area contributed by atoms with E-state index in [1.165, 1.54) is 17.6 Å². The number of fused-ring (bicyclic) bond motifs is 2. The van der Waals surface area contributed by atoms with Crippen LogP contribution in [0.15, 0.2) is 46.4 Å². The molecule has 2 aliphatic rings. The number of anilines is 1. The van der Waals surface area contributed by atoms with Crippen molar-refractivity contribution in [1.82, 2.24) is 5.32 Å². The van der Waals surface area contributed by atoms with Gasteiger partial charge in [-0.3, -0.25) is 14.4 Å². The molecule has 7 nitrogen and oxygen atoms in total. The number of allylic oxidation sites excluding steroid dienone is 2. The van der Waals surface area contributed by atoms with Crippen LogP contribution in [-0.4, -0.2) is 22.9 Å². The van der Waals surface area contributed by atoms with Gasteiger partial charge in [-0.2, -0.15) is 0 Å². The molecule has 4 atom stereocenters. The lowest BCUT2D eigenvalue weighted by Crippen LogP contribution is -2.36. The molecule has 140 valence electrons. The van der Waals surface area contributed by atoms with Crippen molar-refractivity contribution in [1.29, 1.82) is 0 Å². The van der Waals surface area contributed by atoms with Gasteiger partial charge in [-0.1, -0.05) is 12.2 Å². The lowest BCUT2D eigenvalue weighted by molar-refractivity contribution is -0.146. The van der Waals surface area contributed by atoms with Crippen LogP contribution in [0, 0.1) is 23.7 Å². The minimum Gasteiger partial charge on any atom is -0.481 e. The van der Waals surface area contributed by atoms with Crippen molar-refractivity contribution in [3.8, 4) is 0 Å². The number of furan rings is 1. The lowest BCUT2D eigenvalue weighted by atomic mass is 9.82. The van der Waals surface area contributed by atoms with Gasteiger partial charge in [-0.25, -0.2) is 0 Å². The average Bonchev–Trinajstić information content (AvgIpc) is 3.42. The van der Waals surface area contributed by atoms with E-state index < -0.39 is 17.8 Å². The standard InChI is InChI=1S/C19H18N2O5S/c22-16(20-9-12-2-1-6-26-12)13-5-7-27-18(13)21-17(23)14-10-3-4-11(8-10)15(14)19(24)25/h1-7,10-11,14-15H,8-9H2,(H,20,22)(H,21,23)(H,24,25)/t10-,11-,14-,15+/m0/s1. The summed E-state index contributed by atoms with van der Waals surface area (Å²) in [7, 11) is 0. The zero-order valence-corrected chi connectivity index (χ0v) is 15.1. The Labute approximate surface area is 159 Å². The maximum absolute atomic E-state index is 12.8. The first-order valence-corrected chi connectivity index (χ1v) is 9.52. The molecular formula is C19H18N2O5S. The number of thiophene rings is 1. The van der Waals surface area contributed by atoms with Gasteiger partial charge in [0.2, 0.25) is 5.91 Å². The van der Waals surface area contributed by atoms with E-state index in [9.17, 15) is 19.5 Å². The van der Waals surface area contributed by atoms with Gasteiger partial charge in [-0.15, -0.1) is 11.3 Å². The summed E-state index contributed by atoms with van der Waals surface area (Å²) in [6.07, 6.45) is 6.04. The van der Waals surface area contributed by atoms with E-state index in [0.29, 0.717) is 22.7 Å². The van der Waals surface area contributed by atoms with E-state index in [4.69, 9.17) is 4.42 Å². The van der Waals surface area contributed by atoms with Gasteiger partial charge in [0.05, 0.1) is 30.2 Å². The first kappa shape index (κ1) is 17.5. The van der Waals surface area contributed by atoms with Crippen molar-refractivity contribution in [3.63, 3.8) is 0 Å². The lowest BCUT2D eigenvalue weighted by Gasteiger charge is -2.23. The highest BCUT2D eigenvalue weighted by Gasteiger charge is 2.51. The van der Waals surface area contributed by atoms with Crippen molar-refractivity contribution in [2.24, 2.45) is 23.7 Å². The molecule has 1 saturated carbocycles. The molecule has 0 unspecified atom stereocenters. The number of hydrogen-bond acceptors (Lipinski definition) is 5. The molecule has 0 radical (unpaired) electrons. The topological polar surface area (TPSA) is 109 Å². The second kappa shape index (κ2) is 7.03. The van der Waals surface area contributed by atoms with Crippen LogP contribution < -0.4 is 10.6 Å². The minimum absolute atomic E-state index is 0.0627. The third kappa shape index (κ3) is 3.28. The van der Waals surface area contributed by atoms with Gasteiger partial charge in [0.1, 0.15) is 10.8 Å². The summed E-state index contributed by atoms with van der Waals surface area (Å²) in [5.74, 6) is -2.48. The SMILES string of the molecule is O=C(NCc1ccco1)c1ccsc1NC(=O)[C@@H]1[C@H](C(=O)O)[C@H]2C=C[C@H]1C2. The second-order valence-corrected chi connectivity index (χ2v) is 7.67. The number of carbonyl (C=O) groups excluding carboxylic acids is 2. The van der Waals surface area contributed by atoms with Crippen LogP contribution in [-0.2, 0) is 16.1 Å². The normalized spacial score (nSPS) is 25.5. The van der Waals surface area contributed by atoms with Crippen molar-refractivity contribution in [3.05, 3.63) is 53.3 Å². The summed E-state index contributed by atoms with van der Waals surface area (Å²) in [4.78, 5) is 36.8. The molecule has 0 aromatic carbocycles. The summed E-state index contributed by atoms with van der Waals surface area (Å²) >= 11 is 1.24. The Morgan fingerprint density at radius 2 is 1.96 bits per heavy atom. The van der Waals surface area contributed by atoms with Crippen molar-refractivity contribution < 1.29 is 23.9 Å². The van der Waals surface area contributed by atoms with E-state index in [2.05, 4.69) is 10.6 Å². The average molecular weight is 386 g/mol. The fraction of sp³-hybridized carbons (Fsp3) is 0.316. The molecule has 2 amide bonds. The summed E-state index contributed by atoms with van der Waals surface area (Å²) in [5, 5.41) is 17.2. The molecule has 0 aliphatic heterocycles. The Hall–Kier alpha value is -2.87. The van der Waals surface area contributed by atoms with Gasteiger partial charge in [-0.05, 0) is 41.8 Å². The molecule has 2 aliphatic carbocycles. The fourth-order valence-corrected chi connectivity index (χ4v) is 4.76. The maximum Gasteiger partial charge on any atom is 0.307 e. The predicted molar refractivity (Wildman–Crippen MR) is 98.2 cm³/mol. The predicted octanol–water partition coefficient (Wildman–Crippen LogP) is 2.73. The van der Waals surface area contributed by atoms with Crippen molar-refractivity contribution in [2.45, 2.75) is 13.0 Å². The van der Waals surface area contributed by atoms with E-state index in [0.717, 1.165) is 0 Å². The highest BCUT2D eigenvalue weighted by Crippen LogP contribution is 2.48. The molecule has 2 bridgehead atoms. The number of carboxylic acids is 1. The monoisotopic (exact) mass is 386 g/mol. The van der Waals surface area contributed by atoms with Gasteiger partial charge in [0, 0.05) is 0 Å². The maximum atomic E-state index is 12.8. The fourth-order valence-electron chi connectivity index (χ4n) is 3.97. The first-order valence-electron chi connectivity index (χ1n) is 8.64. The van der Waals surface area contributed by atoms with Gasteiger partial charge < -0.3 is 20.2 Å². The highest BCUT2D eigenvalue weighted by atomic mass is 32.1. The van der Waals surface area contributed by atoms with E-state index >= 15 is 0 Å². The molecule has 2 heterocycles. The minimum atomic E-state index is -0.949. The molecule has 2 aromatic heterocycles. The smallest absolute Gasteiger partial charge is 0.307 e. The Kier molecular flexibility index (Phi) is 4.57. The highest BCUT2D eigenvalue weighted by molar-refractivity contribution is 7.14. The summed E-state index contributed by atoms with van der Waals surface area (Å²) in [6.45, 7) is 0.243. The molecular weight excluding hydrogens is 368 g/mol. The van der Waals surface area contributed by atoms with Crippen LogP contribution in [0.2, 0.25) is 0 Å². The van der Waals surface area contributed by atoms with Gasteiger partial charge >= 0.3 is 5.97 Å². The van der Waals surface area contributed by atoms with Gasteiger partial charge in [0.25, 0.3) is 5.91 Å². The van der Waals surface area contributed by atoms with Crippen LogP contribution >= 0.6 is 11.3 Å². The molecule has 1 fully saturated rings. The quantitative estimate of drug-likeness (QED) is 0.662. The zero-order valence-electron chi connectivity index (χ0n) is 14.3. The summed E-state index contributed by atoms with van der Waals surface area (Å²) in [6, 6.07) is 5.12. The molecule has 8 heteroatoms. The molecule has 0 spiro atoms. The number of hydrogen-bond donors (Lipinski definition) is 3. The van der Waals surface area contributed by atoms with Crippen LogP contribution in [0.3, 0.4) is 0 Å². The number of carboxylic acid groups (broad SMARTS) is 1. The Morgan fingerprint density at radius 3 is 2.67 bits per heavy atom. The third-order valence-electron chi connectivity index (χ3n) is 5.20. The van der Waals surface area contributed by atoms with Crippen LogP contribution in [0.4, 0.5) is 5.00 Å². The third-order valence-corrected chi connectivity index (χ3v) is 6.03. The Morgan fingerprint density at radius 1 is 1.19 bits per heavy atom. The summed E-state index contributed by atoms with van der Waals surface area (Å²) < 4.78 is 5.18. The van der Waals surface area contributed by atoms with Crippen LogP contribution in [0.1, 0.15) is 22.5 Å². The number of nitrogens with one attached hydrogen (secondary N) is 2. The number of carbonyl (C=O) groups is 3. The van der Waals surface area contributed by atoms with Crippen LogP contribution in [0.5, 0.6) is 0 Å². The van der Waals surface area contributed by atoms with Gasteiger partial charge in [0.15, 0.2) is 0 Å². The first-order chi connectivity index (χ1) is 13.0. The zero-order chi connectivity index (χ0) is 19.0. The summed E-state index contributed by atoms with van der Waals surface area (Å²) in [5.41, 5.74) is 0.352. The number of aliphatic carboxylic acids is 1. The molecule has 0 saturated heterocycles. The Bertz CT molecular complexity index is 901. The number of rotatable bonds is 6. The van der Waals surface area contributed by atoms with Crippen LogP contribution in [0.25, 0.3) is 0 Å². The second-order valence-electron chi connectivity index (χ2n) is 6.75. The van der Waals surface area contributed by atoms with E-state index in [-0.39, 0.29) is 30.2 Å². The molecule has 2 aromatic rings. The largest absolute Gasteiger partial charge is 0.481 e. The van der Waals surface area contributed by atoms with Crippen molar-refractivity contribution >= 4 is 34.1 Å². The molecule has 3 N–H and O–H groups in total. The number of amides is 2. The Balaban J connectivity index is 1.45. The molecule has 27 heavy (non-hydrogen) atoms.